The van der Waals surface area contributed by atoms with Crippen LogP contribution in [0.1, 0.15) is 23.7 Å². The molecule has 0 N–H and O–H groups in total. The lowest BCUT2D eigenvalue weighted by atomic mass is 10.2. The first-order valence-electron chi connectivity index (χ1n) is 8.23. The van der Waals surface area contributed by atoms with Gasteiger partial charge >= 0.3 is 5.97 Å². The van der Waals surface area contributed by atoms with E-state index in [-0.39, 0.29) is 23.7 Å². The lowest BCUT2D eigenvalue weighted by Crippen LogP contribution is -2.12. The number of esters is 1. The van der Waals surface area contributed by atoms with Crippen LogP contribution in [0.15, 0.2) is 53.4 Å². The van der Waals surface area contributed by atoms with Gasteiger partial charge in [0.1, 0.15) is 24.7 Å². The zero-order chi connectivity index (χ0) is 19.0. The summed E-state index contributed by atoms with van der Waals surface area (Å²) in [7, 11) is -3.29. The molecule has 0 amide bonds. The van der Waals surface area contributed by atoms with Crippen molar-refractivity contribution < 1.29 is 27.4 Å². The van der Waals surface area contributed by atoms with Crippen molar-refractivity contribution in [2.24, 2.45) is 0 Å². The second-order valence-corrected chi connectivity index (χ2v) is 7.62. The Morgan fingerprint density at radius 3 is 1.88 bits per heavy atom. The summed E-state index contributed by atoms with van der Waals surface area (Å²) in [6.45, 7) is 3.00. The van der Waals surface area contributed by atoms with Gasteiger partial charge in [-0.2, -0.15) is 0 Å². The molecule has 140 valence electrons. The van der Waals surface area contributed by atoms with Gasteiger partial charge in [0.15, 0.2) is 9.84 Å². The van der Waals surface area contributed by atoms with Crippen molar-refractivity contribution in [3.05, 3.63) is 54.1 Å². The van der Waals surface area contributed by atoms with Gasteiger partial charge in [-0.05, 0) is 55.0 Å². The summed E-state index contributed by atoms with van der Waals surface area (Å²) >= 11 is 0. The maximum atomic E-state index is 11.9. The highest BCUT2D eigenvalue weighted by molar-refractivity contribution is 7.90. The van der Waals surface area contributed by atoms with Crippen LogP contribution in [0.2, 0.25) is 0 Å². The highest BCUT2D eigenvalue weighted by Gasteiger charge is 2.10. The number of sulfone groups is 1. The summed E-state index contributed by atoms with van der Waals surface area (Å²) < 4.78 is 38.9. The normalized spacial score (nSPS) is 11.0. The second kappa shape index (κ2) is 9.24. The first kappa shape index (κ1) is 19.8. The third-order valence-corrected chi connectivity index (χ3v) is 4.53. The van der Waals surface area contributed by atoms with Crippen LogP contribution in [-0.4, -0.2) is 40.5 Å². The Bertz CT molecular complexity index is 810. The van der Waals surface area contributed by atoms with Crippen molar-refractivity contribution in [2.75, 3.05) is 26.1 Å². The van der Waals surface area contributed by atoms with E-state index in [1.165, 1.54) is 24.3 Å². The Hall–Kier alpha value is -2.54. The summed E-state index contributed by atoms with van der Waals surface area (Å²) in [6.07, 6.45) is 2.06. The summed E-state index contributed by atoms with van der Waals surface area (Å²) in [5.74, 6) is 0.905. The number of carbonyl (C=O) groups is 1. The number of hydrogen-bond donors (Lipinski definition) is 0. The van der Waals surface area contributed by atoms with Gasteiger partial charge in [0, 0.05) is 6.26 Å². The fourth-order valence-electron chi connectivity index (χ4n) is 2.07. The van der Waals surface area contributed by atoms with Gasteiger partial charge in [-0.3, -0.25) is 0 Å². The molecular formula is C19H22O6S. The number of rotatable bonds is 9. The zero-order valence-corrected chi connectivity index (χ0v) is 15.6. The Balaban J connectivity index is 1.76. The van der Waals surface area contributed by atoms with Crippen molar-refractivity contribution in [2.45, 2.75) is 18.2 Å². The Labute approximate surface area is 153 Å². The molecule has 26 heavy (non-hydrogen) atoms. The van der Waals surface area contributed by atoms with Crippen molar-refractivity contribution in [3.63, 3.8) is 0 Å². The van der Waals surface area contributed by atoms with Gasteiger partial charge in [-0.15, -0.1) is 0 Å². The monoisotopic (exact) mass is 378 g/mol. The molecule has 0 atom stereocenters. The van der Waals surface area contributed by atoms with Crippen LogP contribution < -0.4 is 9.47 Å². The fourth-order valence-corrected chi connectivity index (χ4v) is 2.70. The Kier molecular flexibility index (Phi) is 7.03. The Morgan fingerprint density at radius 1 is 0.846 bits per heavy atom. The molecule has 6 nitrogen and oxygen atoms in total. The van der Waals surface area contributed by atoms with Gasteiger partial charge in [-0.1, -0.05) is 6.92 Å². The molecule has 0 unspecified atom stereocenters. The minimum Gasteiger partial charge on any atom is -0.494 e. The number of ether oxygens (including phenoxy) is 3. The second-order valence-electron chi connectivity index (χ2n) is 5.60. The predicted molar refractivity (Wildman–Crippen MR) is 97.6 cm³/mol. The molecule has 7 heteroatoms. The molecular weight excluding hydrogens is 356 g/mol. The lowest BCUT2D eigenvalue weighted by Gasteiger charge is -2.09. The van der Waals surface area contributed by atoms with E-state index in [0.717, 1.165) is 18.4 Å². The molecule has 0 spiro atoms. The van der Waals surface area contributed by atoms with Crippen molar-refractivity contribution >= 4 is 15.8 Å². The standard InChI is InChI=1S/C19H22O6S/c1-3-12-23-16-6-8-17(9-7-16)24-13-14-25-19(20)15-4-10-18(11-5-15)26(2,21)22/h4-11H,3,12-14H2,1-2H3. The maximum Gasteiger partial charge on any atom is 0.338 e. The first-order valence-corrected chi connectivity index (χ1v) is 10.1. The van der Waals surface area contributed by atoms with Crippen LogP contribution in [0.5, 0.6) is 11.5 Å². The van der Waals surface area contributed by atoms with Crippen molar-refractivity contribution in [3.8, 4) is 11.5 Å². The summed E-state index contributed by atoms with van der Waals surface area (Å²) in [4.78, 5) is 12.1. The molecule has 0 radical (unpaired) electrons. The van der Waals surface area contributed by atoms with Crippen LogP contribution in [0.4, 0.5) is 0 Å². The zero-order valence-electron chi connectivity index (χ0n) is 14.8. The summed E-state index contributed by atoms with van der Waals surface area (Å²) in [5.41, 5.74) is 0.287. The van der Waals surface area contributed by atoms with E-state index in [9.17, 15) is 13.2 Å². The predicted octanol–water partition coefficient (Wildman–Crippen LogP) is 3.11. The lowest BCUT2D eigenvalue weighted by molar-refractivity contribution is 0.0450. The van der Waals surface area contributed by atoms with Gasteiger partial charge in [-0.25, -0.2) is 13.2 Å². The van der Waals surface area contributed by atoms with E-state index in [1.807, 2.05) is 19.1 Å². The van der Waals surface area contributed by atoms with E-state index in [4.69, 9.17) is 14.2 Å². The number of hydrogen-bond acceptors (Lipinski definition) is 6. The van der Waals surface area contributed by atoms with E-state index < -0.39 is 15.8 Å². The summed E-state index contributed by atoms with van der Waals surface area (Å²) in [6, 6.07) is 12.8. The maximum absolute atomic E-state index is 11.9. The van der Waals surface area contributed by atoms with Gasteiger partial charge in [0.2, 0.25) is 0 Å². The molecule has 0 aliphatic carbocycles. The third kappa shape index (κ3) is 6.07. The number of benzene rings is 2. The quantitative estimate of drug-likeness (QED) is 0.493. The molecule has 2 rings (SSSR count). The van der Waals surface area contributed by atoms with Gasteiger partial charge < -0.3 is 14.2 Å². The van der Waals surface area contributed by atoms with Crippen LogP contribution in [0.3, 0.4) is 0 Å². The molecule has 0 fully saturated rings. The van der Waals surface area contributed by atoms with Crippen molar-refractivity contribution in [1.29, 1.82) is 0 Å². The molecule has 0 saturated carbocycles. The van der Waals surface area contributed by atoms with E-state index >= 15 is 0 Å². The fraction of sp³-hybridized carbons (Fsp3) is 0.316. The van der Waals surface area contributed by atoms with E-state index in [1.54, 1.807) is 12.1 Å². The average molecular weight is 378 g/mol. The SMILES string of the molecule is CCCOc1ccc(OCCOC(=O)c2ccc(S(C)(=O)=O)cc2)cc1. The van der Waals surface area contributed by atoms with Crippen LogP contribution >= 0.6 is 0 Å². The number of carbonyl (C=O) groups excluding carboxylic acids is 1. The molecule has 0 bridgehead atoms. The highest BCUT2D eigenvalue weighted by Crippen LogP contribution is 2.17. The summed E-state index contributed by atoms with van der Waals surface area (Å²) in [5, 5.41) is 0. The Morgan fingerprint density at radius 2 is 1.38 bits per heavy atom. The van der Waals surface area contributed by atoms with Crippen LogP contribution in [0.25, 0.3) is 0 Å². The largest absolute Gasteiger partial charge is 0.494 e. The highest BCUT2D eigenvalue weighted by atomic mass is 32.2. The molecule has 0 aliphatic heterocycles. The molecule has 2 aromatic carbocycles. The van der Waals surface area contributed by atoms with E-state index in [2.05, 4.69) is 0 Å². The average Bonchev–Trinajstić information content (AvgIpc) is 2.63. The molecule has 0 aliphatic rings. The molecule has 2 aromatic rings. The van der Waals surface area contributed by atoms with Gasteiger partial charge in [0.25, 0.3) is 0 Å². The van der Waals surface area contributed by atoms with Crippen LogP contribution in [0, 0.1) is 0 Å². The molecule has 0 heterocycles. The molecule has 0 saturated heterocycles. The first-order chi connectivity index (χ1) is 12.4. The minimum atomic E-state index is -3.29. The van der Waals surface area contributed by atoms with Crippen molar-refractivity contribution in [1.82, 2.24) is 0 Å². The smallest absolute Gasteiger partial charge is 0.338 e. The van der Waals surface area contributed by atoms with Gasteiger partial charge in [0.05, 0.1) is 17.1 Å². The molecule has 0 aromatic heterocycles. The van der Waals surface area contributed by atoms with Crippen LogP contribution in [-0.2, 0) is 14.6 Å². The van der Waals surface area contributed by atoms with E-state index in [0.29, 0.717) is 12.4 Å². The topological polar surface area (TPSA) is 78.9 Å². The minimum absolute atomic E-state index is 0.0841. The third-order valence-electron chi connectivity index (χ3n) is 3.40.